The van der Waals surface area contributed by atoms with E-state index in [1.165, 1.54) is 21.5 Å². The van der Waals surface area contributed by atoms with Crippen molar-refractivity contribution in [3.8, 4) is 0 Å². The summed E-state index contributed by atoms with van der Waals surface area (Å²) < 4.78 is 7.00. The van der Waals surface area contributed by atoms with Crippen LogP contribution >= 0.6 is 0 Å². The van der Waals surface area contributed by atoms with E-state index in [1.807, 2.05) is 6.08 Å². The fourth-order valence-corrected chi connectivity index (χ4v) is 8.95. The molecule has 2 rings (SSSR count). The first-order valence-corrected chi connectivity index (χ1v) is 14.9. The highest BCUT2D eigenvalue weighted by molar-refractivity contribution is 6.99. The van der Waals surface area contributed by atoms with E-state index >= 15 is 0 Å². The van der Waals surface area contributed by atoms with Gasteiger partial charge in [0.25, 0.3) is 0 Å². The lowest BCUT2D eigenvalue weighted by Crippen LogP contribution is -2.66. The first kappa shape index (κ1) is 29.3. The summed E-state index contributed by atoms with van der Waals surface area (Å²) in [6.45, 7) is 17.2. The van der Waals surface area contributed by atoms with Crippen LogP contribution in [0, 0.1) is 0 Å². The van der Waals surface area contributed by atoms with Gasteiger partial charge in [-0.3, -0.25) is 4.79 Å². The Balaban J connectivity index is 2.10. The smallest absolute Gasteiger partial charge is 0.319 e. The maximum atomic E-state index is 11.0. The van der Waals surface area contributed by atoms with E-state index in [4.69, 9.17) is 4.43 Å². The number of ketones is 1. The second-order valence-electron chi connectivity index (χ2n) is 10.7. The van der Waals surface area contributed by atoms with Crippen LogP contribution in [0.4, 0.5) is 0 Å². The maximum absolute atomic E-state index is 11.0. The molecule has 0 atom stereocenters. The molecule has 0 aliphatic heterocycles. The molecule has 0 radical (unpaired) electrons. The Kier molecular flexibility index (Phi) is 11.4. The van der Waals surface area contributed by atoms with E-state index in [0.29, 0.717) is 0 Å². The van der Waals surface area contributed by atoms with Crippen molar-refractivity contribution in [3.05, 3.63) is 108 Å². The van der Waals surface area contributed by atoms with Gasteiger partial charge in [0, 0.05) is 6.42 Å². The van der Waals surface area contributed by atoms with Crippen molar-refractivity contribution < 1.29 is 9.22 Å². The van der Waals surface area contributed by atoms with Gasteiger partial charge in [0.05, 0.1) is 5.76 Å². The minimum absolute atomic E-state index is 0.0701. The topological polar surface area (TPSA) is 26.3 Å². The van der Waals surface area contributed by atoms with Crippen LogP contribution < -0.4 is 10.4 Å². The summed E-state index contributed by atoms with van der Waals surface area (Å²) in [5, 5.41) is 2.47. The minimum atomic E-state index is -2.61. The van der Waals surface area contributed by atoms with Crippen molar-refractivity contribution in [2.45, 2.75) is 78.7 Å². The highest BCUT2D eigenvalue weighted by atomic mass is 28.4. The number of rotatable bonds is 13. The predicted octanol–water partition coefficient (Wildman–Crippen LogP) is 8.07. The number of hydrogen-bond donors (Lipinski definition) is 0. The molecular formula is C33H44O2Si. The van der Waals surface area contributed by atoms with E-state index < -0.39 is 8.32 Å². The van der Waals surface area contributed by atoms with Crippen molar-refractivity contribution >= 4 is 24.5 Å². The van der Waals surface area contributed by atoms with Crippen molar-refractivity contribution in [2.75, 3.05) is 0 Å². The zero-order valence-corrected chi connectivity index (χ0v) is 24.1. The van der Waals surface area contributed by atoms with Crippen molar-refractivity contribution in [3.63, 3.8) is 0 Å². The van der Waals surface area contributed by atoms with E-state index in [9.17, 15) is 4.79 Å². The third-order valence-electron chi connectivity index (χ3n) is 6.48. The van der Waals surface area contributed by atoms with Gasteiger partial charge in [-0.2, -0.15) is 0 Å². The number of hydrogen-bond acceptors (Lipinski definition) is 2. The second kappa shape index (κ2) is 14.0. The van der Waals surface area contributed by atoms with E-state index in [-0.39, 0.29) is 10.8 Å². The van der Waals surface area contributed by atoms with Crippen molar-refractivity contribution in [1.82, 2.24) is 0 Å². The van der Waals surface area contributed by atoms with Gasteiger partial charge in [-0.25, -0.2) is 0 Å². The van der Waals surface area contributed by atoms with Gasteiger partial charge in [0.1, 0.15) is 0 Å². The van der Waals surface area contributed by atoms with Gasteiger partial charge in [-0.05, 0) is 67.9 Å². The van der Waals surface area contributed by atoms with E-state index in [2.05, 4.69) is 114 Å². The summed E-state index contributed by atoms with van der Waals surface area (Å²) in [6, 6.07) is 21.4. The van der Waals surface area contributed by atoms with E-state index in [1.54, 1.807) is 13.0 Å². The van der Waals surface area contributed by atoms with Crippen LogP contribution in [0.15, 0.2) is 108 Å². The number of carbonyl (C=O) groups excluding carboxylic acids is 1. The lowest BCUT2D eigenvalue weighted by molar-refractivity contribution is -0.112. The molecule has 3 heteroatoms. The SMILES string of the molecule is C=C(C/C=C(\C)CC/C=C(\C)CC/C=C/C(C)=O)O[Si](c1ccccc1)(c1ccccc1)C(C)(C)C. The Bertz CT molecular complexity index is 1030. The summed E-state index contributed by atoms with van der Waals surface area (Å²) in [5.41, 5.74) is 2.72. The molecule has 2 aromatic rings. The Morgan fingerprint density at radius 2 is 1.33 bits per heavy atom. The molecule has 2 nitrogen and oxygen atoms in total. The van der Waals surface area contributed by atoms with Crippen LogP contribution in [-0.4, -0.2) is 14.1 Å². The van der Waals surface area contributed by atoms with Crippen LogP contribution in [0.5, 0.6) is 0 Å². The molecule has 0 amide bonds. The molecule has 0 heterocycles. The first-order chi connectivity index (χ1) is 17.1. The molecule has 0 aliphatic carbocycles. The van der Waals surface area contributed by atoms with Crippen LogP contribution in [0.2, 0.25) is 5.04 Å². The fourth-order valence-electron chi connectivity index (χ4n) is 4.51. The summed E-state index contributed by atoms with van der Waals surface area (Å²) in [4.78, 5) is 11.0. The molecule has 0 aromatic heterocycles. The highest BCUT2D eigenvalue weighted by Crippen LogP contribution is 2.38. The van der Waals surface area contributed by atoms with Crippen molar-refractivity contribution in [1.29, 1.82) is 0 Å². The van der Waals surface area contributed by atoms with Crippen LogP contribution in [0.1, 0.15) is 73.6 Å². The van der Waals surface area contributed by atoms with Gasteiger partial charge < -0.3 is 4.43 Å². The summed E-state index contributed by atoms with van der Waals surface area (Å²) in [5.74, 6) is 0.936. The van der Waals surface area contributed by atoms with Crippen LogP contribution in [0.3, 0.4) is 0 Å². The first-order valence-electron chi connectivity index (χ1n) is 13.0. The Morgan fingerprint density at radius 1 is 0.833 bits per heavy atom. The van der Waals surface area contributed by atoms with Crippen LogP contribution in [0.25, 0.3) is 0 Å². The van der Waals surface area contributed by atoms with Crippen LogP contribution in [-0.2, 0) is 9.22 Å². The van der Waals surface area contributed by atoms with Gasteiger partial charge in [0.2, 0.25) is 0 Å². The average molecular weight is 501 g/mol. The van der Waals surface area contributed by atoms with Gasteiger partial charge in [0.15, 0.2) is 5.78 Å². The second-order valence-corrected chi connectivity index (χ2v) is 14.9. The average Bonchev–Trinajstić information content (AvgIpc) is 2.84. The largest absolute Gasteiger partial charge is 0.537 e. The molecule has 36 heavy (non-hydrogen) atoms. The molecule has 0 fully saturated rings. The molecule has 0 unspecified atom stereocenters. The minimum Gasteiger partial charge on any atom is -0.537 e. The number of carbonyl (C=O) groups is 1. The molecule has 0 saturated heterocycles. The monoisotopic (exact) mass is 500 g/mol. The zero-order valence-electron chi connectivity index (χ0n) is 23.1. The molecule has 192 valence electrons. The molecule has 0 saturated carbocycles. The summed E-state index contributed by atoms with van der Waals surface area (Å²) in [7, 11) is -2.61. The molecule has 0 N–H and O–H groups in total. The molecule has 2 aromatic carbocycles. The lowest BCUT2D eigenvalue weighted by Gasteiger charge is -2.43. The van der Waals surface area contributed by atoms with Gasteiger partial charge in [-0.1, -0.05) is 117 Å². The third-order valence-corrected chi connectivity index (χ3v) is 11.5. The maximum Gasteiger partial charge on any atom is 0.319 e. The quantitative estimate of drug-likeness (QED) is 0.120. The number of allylic oxidation sites excluding steroid dienone is 6. The van der Waals surface area contributed by atoms with Gasteiger partial charge >= 0.3 is 8.32 Å². The molecular weight excluding hydrogens is 456 g/mol. The zero-order chi connectivity index (χ0) is 26.6. The number of benzene rings is 2. The summed E-state index contributed by atoms with van der Waals surface area (Å²) >= 11 is 0. The Labute approximate surface area is 220 Å². The van der Waals surface area contributed by atoms with Crippen molar-refractivity contribution in [2.24, 2.45) is 0 Å². The van der Waals surface area contributed by atoms with Gasteiger partial charge in [-0.15, -0.1) is 0 Å². The molecule has 0 bridgehead atoms. The normalized spacial score (nSPS) is 13.2. The third kappa shape index (κ3) is 8.63. The summed E-state index contributed by atoms with van der Waals surface area (Å²) in [6.07, 6.45) is 12.9. The lowest BCUT2D eigenvalue weighted by atomic mass is 10.1. The molecule has 0 spiro atoms. The van der Waals surface area contributed by atoms with E-state index in [0.717, 1.165) is 37.9 Å². The Morgan fingerprint density at radius 3 is 1.83 bits per heavy atom. The standard InChI is InChI=1S/C33H44O2Si/c1-27(17-14-15-20-29(3)34)18-16-19-28(2)25-26-30(4)35-36(33(5,6)7,31-21-10-8-11-22-31)32-23-12-9-13-24-32/h8-13,15,18,20-25H,4,14,16-17,19,26H2,1-3,5-7H3/b20-15+,27-18+,28-25+. The fraction of sp³-hybridized carbons (Fsp3) is 0.364. The molecule has 0 aliphatic rings. The highest BCUT2D eigenvalue weighted by Gasteiger charge is 2.52. The Hall–Kier alpha value is -2.91. The predicted molar refractivity (Wildman–Crippen MR) is 158 cm³/mol.